The lowest BCUT2D eigenvalue weighted by molar-refractivity contribution is 0.803. The van der Waals surface area contributed by atoms with Crippen LogP contribution in [0.25, 0.3) is 5.70 Å². The van der Waals surface area contributed by atoms with Gasteiger partial charge in [0.15, 0.2) is 0 Å². The summed E-state index contributed by atoms with van der Waals surface area (Å²) in [6, 6.07) is 0. The van der Waals surface area contributed by atoms with Gasteiger partial charge in [0, 0.05) is 0 Å². The monoisotopic (exact) mass is 194 g/mol. The van der Waals surface area contributed by atoms with Gasteiger partial charge in [0.25, 0.3) is 0 Å². The summed E-state index contributed by atoms with van der Waals surface area (Å²) in [4.78, 5) is 0. The number of aromatic amines is 1. The first-order valence-electron chi connectivity index (χ1n) is 3.75. The molecule has 0 aliphatic rings. The second-order valence-electron chi connectivity index (χ2n) is 2.25. The molecule has 1 aromatic rings. The van der Waals surface area contributed by atoms with E-state index in [2.05, 4.69) is 22.1 Å². The van der Waals surface area contributed by atoms with Gasteiger partial charge in [-0.15, -0.1) is 0 Å². The Bertz CT molecular complexity index is 396. The fourth-order valence-electron chi connectivity index (χ4n) is 0.855. The van der Waals surface area contributed by atoms with Gasteiger partial charge in [0.05, 0.1) is 5.70 Å². The first-order chi connectivity index (χ1) is 6.29. The molecule has 0 radical (unpaired) electrons. The molecule has 5 heteroatoms. The maximum atomic E-state index is 4.96. The molecule has 0 fully saturated rings. The van der Waals surface area contributed by atoms with E-state index in [-0.39, 0.29) is 0 Å². The normalized spacial score (nSPS) is 12.2. The Kier molecular flexibility index (Phi) is 3.33. The van der Waals surface area contributed by atoms with E-state index in [1.165, 1.54) is 4.68 Å². The zero-order chi connectivity index (χ0) is 9.68. The van der Waals surface area contributed by atoms with Crippen molar-refractivity contribution in [2.24, 2.45) is 0 Å². The minimum absolute atomic E-state index is 0.464. The minimum atomic E-state index is 0.464. The molecule has 1 heterocycles. The van der Waals surface area contributed by atoms with Crippen molar-refractivity contribution in [3.63, 3.8) is 0 Å². The van der Waals surface area contributed by atoms with E-state index in [9.17, 15) is 0 Å². The van der Waals surface area contributed by atoms with Crippen molar-refractivity contribution in [3.8, 4) is 0 Å². The van der Waals surface area contributed by atoms with Crippen LogP contribution in [-0.4, -0.2) is 20.2 Å². The Morgan fingerprint density at radius 3 is 2.92 bits per heavy atom. The molecule has 1 aromatic heterocycles. The van der Waals surface area contributed by atoms with Crippen LogP contribution in [0.15, 0.2) is 30.9 Å². The molecular weight excluding hydrogens is 184 g/mol. The standard InChI is InChI=1S/C8H10N4S/c1-3-5-7(6-4-2)12-8(13)9-10-11-12/h3-6H,1H2,2H3,(H,9,11,13)/b6-4-,7-5+. The average Bonchev–Trinajstić information content (AvgIpc) is 2.51. The Morgan fingerprint density at radius 1 is 1.69 bits per heavy atom. The Balaban J connectivity index is 3.17. The molecule has 0 spiro atoms. The highest BCUT2D eigenvalue weighted by atomic mass is 32.1. The SMILES string of the molecule is C=C/C=C(\C=C/C)n1nn[nH]c1=S. The van der Waals surface area contributed by atoms with E-state index in [0.29, 0.717) is 4.77 Å². The number of hydrogen-bond donors (Lipinski definition) is 1. The van der Waals surface area contributed by atoms with Crippen LogP contribution in [0, 0.1) is 4.77 Å². The summed E-state index contributed by atoms with van der Waals surface area (Å²) in [6.07, 6.45) is 7.25. The Hall–Kier alpha value is -1.49. The van der Waals surface area contributed by atoms with Gasteiger partial charge in [-0.05, 0) is 41.7 Å². The molecule has 4 nitrogen and oxygen atoms in total. The average molecular weight is 194 g/mol. The molecule has 0 saturated carbocycles. The lowest BCUT2D eigenvalue weighted by atomic mass is 10.3. The van der Waals surface area contributed by atoms with Crippen molar-refractivity contribution in [2.45, 2.75) is 6.92 Å². The minimum Gasteiger partial charge on any atom is -0.231 e. The predicted molar refractivity (Wildman–Crippen MR) is 54.5 cm³/mol. The molecule has 0 aliphatic carbocycles. The summed E-state index contributed by atoms with van der Waals surface area (Å²) in [5, 5.41) is 9.95. The second-order valence-corrected chi connectivity index (χ2v) is 2.63. The molecule has 0 aromatic carbocycles. The lowest BCUT2D eigenvalue weighted by Crippen LogP contribution is -1.96. The highest BCUT2D eigenvalue weighted by molar-refractivity contribution is 7.71. The van der Waals surface area contributed by atoms with Gasteiger partial charge in [0.2, 0.25) is 4.77 Å². The molecule has 13 heavy (non-hydrogen) atoms. The van der Waals surface area contributed by atoms with Gasteiger partial charge in [-0.3, -0.25) is 0 Å². The van der Waals surface area contributed by atoms with Crippen molar-refractivity contribution in [3.05, 3.63) is 35.7 Å². The number of tetrazole rings is 1. The fourth-order valence-corrected chi connectivity index (χ4v) is 1.04. The van der Waals surface area contributed by atoms with E-state index in [1.807, 2.05) is 19.1 Å². The van der Waals surface area contributed by atoms with Crippen LogP contribution in [0.3, 0.4) is 0 Å². The number of H-pyrrole nitrogens is 1. The van der Waals surface area contributed by atoms with Crippen molar-refractivity contribution in [1.82, 2.24) is 20.2 Å². The second kappa shape index (κ2) is 4.51. The summed E-state index contributed by atoms with van der Waals surface area (Å²) in [5.74, 6) is 0. The van der Waals surface area contributed by atoms with E-state index in [4.69, 9.17) is 12.2 Å². The smallest absolute Gasteiger partial charge is 0.218 e. The Morgan fingerprint density at radius 2 is 2.46 bits per heavy atom. The lowest BCUT2D eigenvalue weighted by Gasteiger charge is -1.97. The van der Waals surface area contributed by atoms with Crippen LogP contribution in [0.4, 0.5) is 0 Å². The highest BCUT2D eigenvalue weighted by Crippen LogP contribution is 2.03. The summed E-state index contributed by atoms with van der Waals surface area (Å²) in [5.41, 5.74) is 0.830. The first kappa shape index (κ1) is 9.60. The van der Waals surface area contributed by atoms with E-state index >= 15 is 0 Å². The van der Waals surface area contributed by atoms with Crippen LogP contribution < -0.4 is 0 Å². The molecule has 0 bridgehead atoms. The molecular formula is C8H10N4S. The molecule has 1 rings (SSSR count). The summed E-state index contributed by atoms with van der Waals surface area (Å²) in [6.45, 7) is 5.52. The number of allylic oxidation sites excluding steroid dienone is 5. The molecule has 0 unspecified atom stereocenters. The molecule has 68 valence electrons. The fraction of sp³-hybridized carbons (Fsp3) is 0.125. The van der Waals surface area contributed by atoms with Crippen molar-refractivity contribution in [2.75, 3.05) is 0 Å². The predicted octanol–water partition coefficient (Wildman–Crippen LogP) is 1.94. The maximum Gasteiger partial charge on any atom is 0.218 e. The van der Waals surface area contributed by atoms with Crippen LogP contribution >= 0.6 is 12.2 Å². The number of aromatic nitrogens is 4. The van der Waals surface area contributed by atoms with Gasteiger partial charge in [-0.25, -0.2) is 5.10 Å². The molecule has 0 amide bonds. The summed E-state index contributed by atoms with van der Waals surface area (Å²) < 4.78 is 1.99. The number of nitrogens with one attached hydrogen (secondary N) is 1. The van der Waals surface area contributed by atoms with Crippen LogP contribution in [-0.2, 0) is 0 Å². The number of nitrogens with zero attached hydrogens (tertiary/aromatic N) is 3. The zero-order valence-electron chi connectivity index (χ0n) is 7.27. The van der Waals surface area contributed by atoms with Crippen molar-refractivity contribution in [1.29, 1.82) is 0 Å². The molecule has 1 N–H and O–H groups in total. The molecule has 0 aliphatic heterocycles. The van der Waals surface area contributed by atoms with Gasteiger partial charge in [-0.2, -0.15) is 4.68 Å². The Labute approximate surface area is 81.3 Å². The van der Waals surface area contributed by atoms with Crippen LogP contribution in [0.1, 0.15) is 6.92 Å². The van der Waals surface area contributed by atoms with E-state index in [0.717, 1.165) is 5.70 Å². The quantitative estimate of drug-likeness (QED) is 0.591. The van der Waals surface area contributed by atoms with Gasteiger partial charge >= 0.3 is 0 Å². The third-order valence-corrected chi connectivity index (χ3v) is 1.61. The maximum absolute atomic E-state index is 4.96. The summed E-state index contributed by atoms with van der Waals surface area (Å²) in [7, 11) is 0. The van der Waals surface area contributed by atoms with Gasteiger partial charge in [-0.1, -0.05) is 18.7 Å². The topological polar surface area (TPSA) is 46.5 Å². The van der Waals surface area contributed by atoms with E-state index in [1.54, 1.807) is 12.2 Å². The van der Waals surface area contributed by atoms with Gasteiger partial charge in [0.1, 0.15) is 0 Å². The van der Waals surface area contributed by atoms with Crippen molar-refractivity contribution >= 4 is 17.9 Å². The molecule has 0 atom stereocenters. The number of rotatable bonds is 3. The third-order valence-electron chi connectivity index (χ3n) is 1.34. The largest absolute Gasteiger partial charge is 0.231 e. The first-order valence-corrected chi connectivity index (χ1v) is 4.16. The zero-order valence-corrected chi connectivity index (χ0v) is 8.08. The van der Waals surface area contributed by atoms with E-state index < -0.39 is 0 Å². The van der Waals surface area contributed by atoms with Crippen LogP contribution in [0.2, 0.25) is 0 Å². The van der Waals surface area contributed by atoms with Gasteiger partial charge < -0.3 is 0 Å². The number of hydrogen-bond acceptors (Lipinski definition) is 3. The highest BCUT2D eigenvalue weighted by Gasteiger charge is 1.97. The third kappa shape index (κ3) is 2.22. The van der Waals surface area contributed by atoms with Crippen molar-refractivity contribution < 1.29 is 0 Å². The summed E-state index contributed by atoms with van der Waals surface area (Å²) >= 11 is 4.96. The molecule has 0 saturated heterocycles. The van der Waals surface area contributed by atoms with Crippen LogP contribution in [0.5, 0.6) is 0 Å².